The molecule has 4 aromatic heterocycles. The minimum atomic E-state index is -0.0638. The molecule has 1 aliphatic rings. The van der Waals surface area contributed by atoms with E-state index in [4.69, 9.17) is 0 Å². The number of imidazole rings is 1. The summed E-state index contributed by atoms with van der Waals surface area (Å²) < 4.78 is 0. The molecule has 7 nitrogen and oxygen atoms in total. The van der Waals surface area contributed by atoms with Gasteiger partial charge in [0.15, 0.2) is 5.82 Å². The number of hydrogen-bond acceptors (Lipinski definition) is 7. The first kappa shape index (κ1) is 17.3. The lowest BCUT2D eigenvalue weighted by molar-refractivity contribution is 0.455. The second-order valence-corrected chi connectivity index (χ2v) is 7.56. The number of rotatable bonds is 5. The van der Waals surface area contributed by atoms with Gasteiger partial charge in [-0.15, -0.1) is 11.3 Å². The van der Waals surface area contributed by atoms with Crippen LogP contribution in [-0.4, -0.2) is 31.3 Å². The summed E-state index contributed by atoms with van der Waals surface area (Å²) in [5.74, 6) is 1.12. The van der Waals surface area contributed by atoms with Crippen LogP contribution in [0.25, 0.3) is 22.2 Å². The van der Waals surface area contributed by atoms with E-state index in [0.29, 0.717) is 24.0 Å². The van der Waals surface area contributed by atoms with Crippen LogP contribution in [0.2, 0.25) is 0 Å². The van der Waals surface area contributed by atoms with Gasteiger partial charge in [0.05, 0.1) is 17.1 Å². The molecule has 5 heterocycles. The maximum atomic E-state index is 10.2. The van der Waals surface area contributed by atoms with E-state index < -0.39 is 0 Å². The second-order valence-electron chi connectivity index (χ2n) is 6.39. The smallest absolute Gasteiger partial charge is 0.238 e. The minimum absolute atomic E-state index is 0.0638. The topological polar surface area (TPSA) is 99.1 Å². The third kappa shape index (κ3) is 3.53. The summed E-state index contributed by atoms with van der Waals surface area (Å²) >= 11 is 1.67. The number of anilines is 1. The van der Waals surface area contributed by atoms with Crippen LogP contribution in [0.3, 0.4) is 0 Å². The first-order valence-corrected chi connectivity index (χ1v) is 9.82. The van der Waals surface area contributed by atoms with E-state index in [2.05, 4.69) is 42.4 Å². The molecule has 1 aliphatic heterocycles. The van der Waals surface area contributed by atoms with Gasteiger partial charge in [0, 0.05) is 34.6 Å². The molecule has 0 aliphatic carbocycles. The van der Waals surface area contributed by atoms with Gasteiger partial charge in [0.2, 0.25) is 11.8 Å². The number of aliphatic imine (C=N–C) groups is 1. The molecule has 0 saturated heterocycles. The molecule has 5 rings (SSSR count). The van der Waals surface area contributed by atoms with Crippen molar-refractivity contribution in [2.45, 2.75) is 6.54 Å². The summed E-state index contributed by atoms with van der Waals surface area (Å²) in [6.45, 7) is 0.592. The maximum absolute atomic E-state index is 10.2. The van der Waals surface area contributed by atoms with E-state index in [9.17, 15) is 5.11 Å². The van der Waals surface area contributed by atoms with Gasteiger partial charge in [0.25, 0.3) is 0 Å². The molecule has 0 bridgehead atoms. The van der Waals surface area contributed by atoms with Crippen molar-refractivity contribution < 1.29 is 5.11 Å². The lowest BCUT2D eigenvalue weighted by Crippen LogP contribution is -1.98. The third-order valence-electron chi connectivity index (χ3n) is 4.44. The Labute approximate surface area is 170 Å². The molecular formula is C21H16N6OS. The van der Waals surface area contributed by atoms with E-state index in [0.717, 1.165) is 26.6 Å². The largest absolute Gasteiger partial charge is 0.492 e. The van der Waals surface area contributed by atoms with Crippen LogP contribution in [0, 0.1) is 0 Å². The monoisotopic (exact) mass is 400 g/mol. The number of allylic oxidation sites excluding steroid dienone is 1. The Morgan fingerprint density at radius 3 is 2.90 bits per heavy atom. The first-order chi connectivity index (χ1) is 14.3. The number of fused-ring (bicyclic) bond motifs is 1. The van der Waals surface area contributed by atoms with E-state index >= 15 is 0 Å². The summed E-state index contributed by atoms with van der Waals surface area (Å²) in [5, 5.41) is 13.4. The summed E-state index contributed by atoms with van der Waals surface area (Å²) in [6.07, 6.45) is 7.04. The van der Waals surface area contributed by atoms with E-state index in [-0.39, 0.29) is 5.88 Å². The molecular weight excluding hydrogens is 384 g/mol. The van der Waals surface area contributed by atoms with Crippen LogP contribution >= 0.6 is 11.3 Å². The Balaban J connectivity index is 1.30. The number of hydrogen-bond donors (Lipinski definition) is 3. The van der Waals surface area contributed by atoms with E-state index in [1.165, 1.54) is 0 Å². The fourth-order valence-corrected chi connectivity index (χ4v) is 3.97. The van der Waals surface area contributed by atoms with E-state index in [1.54, 1.807) is 29.9 Å². The molecule has 142 valence electrons. The average molecular weight is 400 g/mol. The number of aromatic nitrogens is 4. The van der Waals surface area contributed by atoms with Crippen molar-refractivity contribution in [1.82, 2.24) is 19.9 Å². The summed E-state index contributed by atoms with van der Waals surface area (Å²) in [4.78, 5) is 22.4. The van der Waals surface area contributed by atoms with Crippen molar-refractivity contribution in [2.75, 3.05) is 5.32 Å². The highest BCUT2D eigenvalue weighted by molar-refractivity contribution is 7.15. The highest BCUT2D eigenvalue weighted by Gasteiger charge is 2.15. The van der Waals surface area contributed by atoms with Crippen molar-refractivity contribution in [3.63, 3.8) is 0 Å². The van der Waals surface area contributed by atoms with Crippen molar-refractivity contribution >= 4 is 41.0 Å². The van der Waals surface area contributed by atoms with Crippen LogP contribution in [0.4, 0.5) is 11.8 Å². The standard InChI is InChI=1S/C21H16N6OS/c28-20-17(10-13-11-24-19-15(13)4-3-9-23-19)26-21(27-20)25-12-14-6-7-18(29-14)16-5-1-2-8-22-16/h1-11,28H,12H2,(H2,25,26,27). The molecule has 0 amide bonds. The zero-order chi connectivity index (χ0) is 19.6. The molecule has 0 radical (unpaired) electrons. The lowest BCUT2D eigenvalue weighted by atomic mass is 10.1. The van der Waals surface area contributed by atoms with Crippen molar-refractivity contribution in [3.8, 4) is 16.5 Å². The molecule has 0 saturated carbocycles. The fourth-order valence-electron chi connectivity index (χ4n) is 3.05. The molecule has 4 aromatic rings. The van der Waals surface area contributed by atoms with Crippen LogP contribution in [0.5, 0.6) is 5.88 Å². The fraction of sp³-hybridized carbons (Fsp3) is 0.0476. The van der Waals surface area contributed by atoms with Gasteiger partial charge in [-0.05, 0) is 42.5 Å². The second kappa shape index (κ2) is 7.33. The normalized spacial score (nSPS) is 13.7. The number of H-pyrrole nitrogens is 1. The Morgan fingerprint density at radius 1 is 1.07 bits per heavy atom. The number of aromatic hydroxyl groups is 1. The Kier molecular flexibility index (Phi) is 4.38. The zero-order valence-corrected chi connectivity index (χ0v) is 16.0. The third-order valence-corrected chi connectivity index (χ3v) is 5.55. The Hall–Kier alpha value is -3.78. The molecule has 8 heteroatoms. The van der Waals surface area contributed by atoms with Gasteiger partial charge >= 0.3 is 0 Å². The highest BCUT2D eigenvalue weighted by atomic mass is 32.1. The Morgan fingerprint density at radius 2 is 2.00 bits per heavy atom. The molecule has 0 unspecified atom stereocenters. The van der Waals surface area contributed by atoms with Crippen LogP contribution in [-0.2, 0) is 6.54 Å². The van der Waals surface area contributed by atoms with Gasteiger partial charge in [-0.3, -0.25) is 4.98 Å². The summed E-state index contributed by atoms with van der Waals surface area (Å²) in [7, 11) is 0. The SMILES string of the molecule is Oc1nc(NCc2ccc(-c3ccccn3)s2)[nH]c1C=C1C=Nc2ncccc21. The van der Waals surface area contributed by atoms with E-state index in [1.807, 2.05) is 36.4 Å². The van der Waals surface area contributed by atoms with Crippen molar-refractivity contribution in [1.29, 1.82) is 0 Å². The van der Waals surface area contributed by atoms with Gasteiger partial charge in [0.1, 0.15) is 5.69 Å². The van der Waals surface area contributed by atoms with Gasteiger partial charge in [-0.1, -0.05) is 6.07 Å². The number of nitrogens with zero attached hydrogens (tertiary/aromatic N) is 4. The van der Waals surface area contributed by atoms with Crippen molar-refractivity contribution in [2.24, 2.45) is 4.99 Å². The van der Waals surface area contributed by atoms with Gasteiger partial charge in [-0.25, -0.2) is 9.98 Å². The number of thiophene rings is 1. The molecule has 0 spiro atoms. The van der Waals surface area contributed by atoms with Crippen molar-refractivity contribution in [3.05, 3.63) is 71.0 Å². The summed E-state index contributed by atoms with van der Waals surface area (Å²) in [5.41, 5.74) is 3.28. The lowest BCUT2D eigenvalue weighted by Gasteiger charge is -2.00. The zero-order valence-electron chi connectivity index (χ0n) is 15.2. The number of pyridine rings is 2. The average Bonchev–Trinajstić information content (AvgIpc) is 3.47. The van der Waals surface area contributed by atoms with Gasteiger partial charge in [-0.2, -0.15) is 4.98 Å². The number of aromatic amines is 1. The van der Waals surface area contributed by atoms with Crippen LogP contribution in [0.1, 0.15) is 16.1 Å². The molecule has 29 heavy (non-hydrogen) atoms. The minimum Gasteiger partial charge on any atom is -0.492 e. The molecule has 0 fully saturated rings. The first-order valence-electron chi connectivity index (χ1n) is 9.00. The van der Waals surface area contributed by atoms with Gasteiger partial charge < -0.3 is 15.4 Å². The van der Waals surface area contributed by atoms with Crippen LogP contribution < -0.4 is 5.32 Å². The highest BCUT2D eigenvalue weighted by Crippen LogP contribution is 2.32. The maximum Gasteiger partial charge on any atom is 0.238 e. The quantitative estimate of drug-likeness (QED) is 0.458. The Bertz CT molecular complexity index is 1220. The molecule has 3 N–H and O–H groups in total. The number of nitrogens with one attached hydrogen (secondary N) is 2. The molecule has 0 aromatic carbocycles. The molecule has 0 atom stereocenters. The predicted molar refractivity (Wildman–Crippen MR) is 115 cm³/mol. The summed E-state index contributed by atoms with van der Waals surface area (Å²) in [6, 6.07) is 13.8. The predicted octanol–water partition coefficient (Wildman–Crippen LogP) is 4.50. The van der Waals surface area contributed by atoms with Crippen LogP contribution in [0.15, 0.2) is 59.9 Å².